The van der Waals surface area contributed by atoms with Crippen LogP contribution < -0.4 is 10.5 Å². The van der Waals surface area contributed by atoms with Crippen molar-refractivity contribution in [2.75, 3.05) is 26.4 Å². The summed E-state index contributed by atoms with van der Waals surface area (Å²) in [6, 6.07) is 14.0. The molecular weight excluding hydrogens is 512 g/mol. The summed E-state index contributed by atoms with van der Waals surface area (Å²) in [5.41, 5.74) is 7.50. The van der Waals surface area contributed by atoms with Crippen LogP contribution >= 0.6 is 0 Å². The van der Waals surface area contributed by atoms with Gasteiger partial charge in [0.25, 0.3) is 0 Å². The third-order valence-electron chi connectivity index (χ3n) is 6.94. The maximum Gasteiger partial charge on any atom is 0.328 e. The Morgan fingerprint density at radius 3 is 2.55 bits per heavy atom. The highest BCUT2D eigenvalue weighted by Gasteiger charge is 2.37. The number of carbonyl (C=O) groups is 2. The van der Waals surface area contributed by atoms with E-state index in [1.807, 2.05) is 74.2 Å². The van der Waals surface area contributed by atoms with E-state index in [0.29, 0.717) is 57.3 Å². The number of amides is 1. The first kappa shape index (κ1) is 29.4. The molecule has 216 valence electrons. The summed E-state index contributed by atoms with van der Waals surface area (Å²) in [7, 11) is 0. The van der Waals surface area contributed by atoms with Gasteiger partial charge in [0.2, 0.25) is 5.91 Å². The predicted molar refractivity (Wildman–Crippen MR) is 152 cm³/mol. The molecular formula is C30H40N4O6. The minimum atomic E-state index is -1.07. The minimum absolute atomic E-state index is 0.0716. The number of nitrogens with two attached hydrogens (primary N) is 1. The third kappa shape index (κ3) is 7.95. The van der Waals surface area contributed by atoms with E-state index < -0.39 is 17.6 Å². The van der Waals surface area contributed by atoms with E-state index in [0.717, 1.165) is 17.0 Å². The first-order chi connectivity index (χ1) is 19.1. The van der Waals surface area contributed by atoms with E-state index in [1.54, 1.807) is 0 Å². The quantitative estimate of drug-likeness (QED) is 0.423. The van der Waals surface area contributed by atoms with E-state index in [2.05, 4.69) is 4.99 Å². The van der Waals surface area contributed by atoms with Gasteiger partial charge < -0.3 is 34.9 Å². The average Bonchev–Trinajstić information content (AvgIpc) is 2.91. The second-order valence-electron chi connectivity index (χ2n) is 11.1. The van der Waals surface area contributed by atoms with Crippen LogP contribution in [0.1, 0.15) is 52.0 Å². The topological polar surface area (TPSA) is 127 Å². The lowest BCUT2D eigenvalue weighted by Gasteiger charge is -2.39. The number of aliphatic imine (C=N–C) groups is 1. The average molecular weight is 553 g/mol. The molecule has 10 nitrogen and oxygen atoms in total. The van der Waals surface area contributed by atoms with Crippen molar-refractivity contribution in [2.24, 2.45) is 10.7 Å². The first-order valence-electron chi connectivity index (χ1n) is 13.8. The maximum atomic E-state index is 13.5. The number of nitrogens with zero attached hydrogens (tertiary/aromatic N) is 3. The fourth-order valence-electron chi connectivity index (χ4n) is 4.91. The monoisotopic (exact) mass is 552 g/mol. The van der Waals surface area contributed by atoms with Gasteiger partial charge in [-0.05, 0) is 70.4 Å². The van der Waals surface area contributed by atoms with Gasteiger partial charge in [-0.15, -0.1) is 0 Å². The van der Waals surface area contributed by atoms with Crippen LogP contribution in [0, 0.1) is 0 Å². The molecule has 2 aliphatic heterocycles. The Morgan fingerprint density at radius 1 is 1.15 bits per heavy atom. The van der Waals surface area contributed by atoms with Crippen LogP contribution in [0.5, 0.6) is 11.5 Å². The van der Waals surface area contributed by atoms with Crippen LogP contribution in [0.3, 0.4) is 0 Å². The van der Waals surface area contributed by atoms with Gasteiger partial charge in [0.05, 0.1) is 17.9 Å². The van der Waals surface area contributed by atoms with Crippen molar-refractivity contribution in [2.45, 2.75) is 70.7 Å². The Kier molecular flexibility index (Phi) is 9.65. The number of para-hydroxylation sites is 1. The van der Waals surface area contributed by atoms with Crippen LogP contribution in [-0.4, -0.2) is 76.8 Å². The summed E-state index contributed by atoms with van der Waals surface area (Å²) in [5.74, 6) is 0.572. The Morgan fingerprint density at radius 2 is 1.88 bits per heavy atom. The van der Waals surface area contributed by atoms with E-state index in [4.69, 9.17) is 19.9 Å². The molecule has 2 aromatic rings. The zero-order valence-electron chi connectivity index (χ0n) is 23.5. The Balaban J connectivity index is 1.40. The molecule has 40 heavy (non-hydrogen) atoms. The summed E-state index contributed by atoms with van der Waals surface area (Å²) in [5, 5.41) is 10.0. The molecule has 3 N–H and O–H groups in total. The molecule has 4 rings (SSSR count). The summed E-state index contributed by atoms with van der Waals surface area (Å²) in [6.07, 6.45) is 1.88. The summed E-state index contributed by atoms with van der Waals surface area (Å²) < 4.78 is 17.2. The highest BCUT2D eigenvalue weighted by atomic mass is 16.5. The van der Waals surface area contributed by atoms with Crippen LogP contribution in [0.25, 0.3) is 0 Å². The first-order valence-corrected chi connectivity index (χ1v) is 13.8. The summed E-state index contributed by atoms with van der Waals surface area (Å²) in [4.78, 5) is 33.8. The highest BCUT2D eigenvalue weighted by molar-refractivity contribution is 5.85. The second-order valence-corrected chi connectivity index (χ2v) is 11.1. The minimum Gasteiger partial charge on any atom is -0.480 e. The third-order valence-corrected chi connectivity index (χ3v) is 6.94. The summed E-state index contributed by atoms with van der Waals surface area (Å²) >= 11 is 0. The van der Waals surface area contributed by atoms with Gasteiger partial charge in [0.1, 0.15) is 11.5 Å². The van der Waals surface area contributed by atoms with Crippen molar-refractivity contribution in [1.82, 2.24) is 9.80 Å². The number of carboxylic acids is 1. The Hall–Kier alpha value is -3.63. The molecule has 10 heteroatoms. The number of hydrogen-bond acceptors (Lipinski definition) is 8. The normalized spacial score (nSPS) is 16.6. The lowest BCUT2D eigenvalue weighted by atomic mass is 10.0. The number of hydrogen-bond donors (Lipinski definition) is 2. The zero-order chi connectivity index (χ0) is 28.7. The molecule has 1 saturated heterocycles. The lowest BCUT2D eigenvalue weighted by molar-refractivity contribution is -0.160. The SMILES string of the molecule is CC(C)(C)OCC(C(=O)O)N(C(=O)CCCN1Cc2cc(Oc3ccccc3)ccc2N=C1N)C1CCOCC1. The molecule has 1 amide bonds. The molecule has 2 heterocycles. The standard InChI is InChI=1S/C30H40N4O6/c1-30(2,3)39-20-26(28(36)37)34(22-13-16-38-17-14-22)27(35)10-7-15-33-19-21-18-24(11-12-25(21)32-29(33)31)40-23-8-5-4-6-9-23/h4-6,8-9,11-12,18,22,26H,7,10,13-17,19-20H2,1-3H3,(H2,31,32)(H,36,37). The van der Waals surface area contributed by atoms with Crippen molar-refractivity contribution in [3.8, 4) is 11.5 Å². The fraction of sp³-hybridized carbons (Fsp3) is 0.500. The number of benzene rings is 2. The van der Waals surface area contributed by atoms with Gasteiger partial charge in [-0.1, -0.05) is 18.2 Å². The molecule has 0 bridgehead atoms. The molecule has 0 saturated carbocycles. The molecule has 0 radical (unpaired) electrons. The van der Waals surface area contributed by atoms with Crippen LogP contribution in [0.4, 0.5) is 5.69 Å². The molecule has 0 spiro atoms. The molecule has 1 fully saturated rings. The van der Waals surface area contributed by atoms with Crippen molar-refractivity contribution < 1.29 is 28.9 Å². The maximum absolute atomic E-state index is 13.5. The number of carboxylic acid groups (broad SMARTS) is 1. The molecule has 0 aromatic heterocycles. The van der Waals surface area contributed by atoms with Crippen LogP contribution in [-0.2, 0) is 25.6 Å². The van der Waals surface area contributed by atoms with Gasteiger partial charge in [-0.25, -0.2) is 9.79 Å². The van der Waals surface area contributed by atoms with E-state index >= 15 is 0 Å². The van der Waals surface area contributed by atoms with Crippen LogP contribution in [0.2, 0.25) is 0 Å². The Labute approximate surface area is 235 Å². The molecule has 2 aromatic carbocycles. The largest absolute Gasteiger partial charge is 0.480 e. The van der Waals surface area contributed by atoms with E-state index in [-0.39, 0.29) is 25.0 Å². The van der Waals surface area contributed by atoms with Crippen molar-refractivity contribution in [3.63, 3.8) is 0 Å². The number of fused-ring (bicyclic) bond motifs is 1. The molecule has 2 aliphatic rings. The van der Waals surface area contributed by atoms with Gasteiger partial charge >= 0.3 is 5.97 Å². The number of carbonyl (C=O) groups excluding carboxylic acids is 1. The van der Waals surface area contributed by atoms with Crippen molar-refractivity contribution >= 4 is 23.5 Å². The van der Waals surface area contributed by atoms with E-state index in [9.17, 15) is 14.7 Å². The fourth-order valence-corrected chi connectivity index (χ4v) is 4.91. The van der Waals surface area contributed by atoms with Gasteiger partial charge in [0, 0.05) is 44.3 Å². The number of aliphatic carboxylic acids is 1. The van der Waals surface area contributed by atoms with Gasteiger partial charge in [-0.3, -0.25) is 4.79 Å². The van der Waals surface area contributed by atoms with Crippen molar-refractivity contribution in [3.05, 3.63) is 54.1 Å². The number of rotatable bonds is 11. The zero-order valence-corrected chi connectivity index (χ0v) is 23.5. The molecule has 1 atom stereocenters. The molecule has 0 aliphatic carbocycles. The van der Waals surface area contributed by atoms with E-state index in [1.165, 1.54) is 4.90 Å². The Bertz CT molecular complexity index is 1190. The predicted octanol–water partition coefficient (Wildman–Crippen LogP) is 4.30. The summed E-state index contributed by atoms with van der Waals surface area (Å²) in [6.45, 7) is 7.56. The van der Waals surface area contributed by atoms with Gasteiger partial charge in [0.15, 0.2) is 12.0 Å². The molecule has 1 unspecified atom stereocenters. The van der Waals surface area contributed by atoms with Crippen molar-refractivity contribution in [1.29, 1.82) is 0 Å². The number of ether oxygens (including phenoxy) is 3. The number of guanidine groups is 1. The highest BCUT2D eigenvalue weighted by Crippen LogP contribution is 2.31. The lowest BCUT2D eigenvalue weighted by Crippen LogP contribution is -2.55. The van der Waals surface area contributed by atoms with Crippen LogP contribution in [0.15, 0.2) is 53.5 Å². The van der Waals surface area contributed by atoms with Gasteiger partial charge in [-0.2, -0.15) is 0 Å². The smallest absolute Gasteiger partial charge is 0.328 e. The second kappa shape index (κ2) is 13.1.